The Hall–Kier alpha value is -4.74. The molecular formula is C31H31N5O5S. The number of aromatic nitrogens is 2. The maximum absolute atomic E-state index is 12.4. The standard InChI is InChI=1S/C31H31N5O5S/c1-18-15-23(19(2)35(18)21-10-8-20(9-11-21)30(38)39)29-28(24-7-5-6-14-32-24)34-31(42)36(29)22-12-13-26(41-4)25(16-22)33-27(37)17-40-3/h5-16,28-29H,17H2,1-4H3,(H,33,37)(H,34,42)(H,38,39)/t28-,29+/m1/s1. The monoisotopic (exact) mass is 585 g/mol. The van der Waals surface area contributed by atoms with Crippen LogP contribution in [0.4, 0.5) is 11.4 Å². The second-order valence-electron chi connectivity index (χ2n) is 9.88. The molecule has 1 aliphatic rings. The van der Waals surface area contributed by atoms with Gasteiger partial charge in [-0.25, -0.2) is 4.79 Å². The molecule has 42 heavy (non-hydrogen) atoms. The number of hydrogen-bond donors (Lipinski definition) is 3. The van der Waals surface area contributed by atoms with E-state index in [-0.39, 0.29) is 30.2 Å². The van der Waals surface area contributed by atoms with E-state index in [0.29, 0.717) is 16.5 Å². The van der Waals surface area contributed by atoms with Crippen molar-refractivity contribution in [2.75, 3.05) is 31.0 Å². The molecule has 1 saturated heterocycles. The van der Waals surface area contributed by atoms with Gasteiger partial charge >= 0.3 is 5.97 Å². The van der Waals surface area contributed by atoms with Crippen molar-refractivity contribution in [2.24, 2.45) is 0 Å². The smallest absolute Gasteiger partial charge is 0.335 e. The normalized spacial score (nSPS) is 16.3. The first-order chi connectivity index (χ1) is 20.2. The van der Waals surface area contributed by atoms with Crippen LogP contribution in [0, 0.1) is 13.8 Å². The number of hydrogen-bond acceptors (Lipinski definition) is 6. The lowest BCUT2D eigenvalue weighted by atomic mass is 9.96. The lowest BCUT2D eigenvalue weighted by molar-refractivity contribution is -0.119. The third-order valence-corrected chi connectivity index (χ3v) is 7.58. The van der Waals surface area contributed by atoms with Crippen molar-refractivity contribution >= 4 is 40.6 Å². The summed E-state index contributed by atoms with van der Waals surface area (Å²) in [4.78, 5) is 30.5. The first-order valence-corrected chi connectivity index (χ1v) is 13.6. The van der Waals surface area contributed by atoms with Crippen molar-refractivity contribution in [3.8, 4) is 11.4 Å². The van der Waals surface area contributed by atoms with Crippen LogP contribution in [-0.2, 0) is 9.53 Å². The lowest BCUT2D eigenvalue weighted by Gasteiger charge is -2.29. The Bertz CT molecular complexity index is 1640. The predicted octanol–water partition coefficient (Wildman–Crippen LogP) is 4.96. The van der Waals surface area contributed by atoms with Crippen molar-refractivity contribution < 1.29 is 24.2 Å². The van der Waals surface area contributed by atoms with E-state index in [2.05, 4.69) is 26.3 Å². The Morgan fingerprint density at radius 2 is 1.79 bits per heavy atom. The SMILES string of the molecule is COCC(=O)Nc1cc(N2C(=S)N[C@H](c3ccccn3)[C@@H]2c2cc(C)n(-c3ccc(C(=O)O)cc3)c2C)ccc1OC. The molecule has 2 atom stereocenters. The molecule has 0 aliphatic carbocycles. The van der Waals surface area contributed by atoms with Crippen molar-refractivity contribution in [1.29, 1.82) is 0 Å². The summed E-state index contributed by atoms with van der Waals surface area (Å²) in [5, 5.41) is 16.2. The number of anilines is 2. The van der Waals surface area contributed by atoms with Gasteiger partial charge in [-0.15, -0.1) is 0 Å². The molecule has 3 N–H and O–H groups in total. The van der Waals surface area contributed by atoms with Crippen LogP contribution >= 0.6 is 12.2 Å². The molecule has 2 aromatic carbocycles. The number of methoxy groups -OCH3 is 2. The molecular weight excluding hydrogens is 554 g/mol. The minimum absolute atomic E-state index is 0.0964. The van der Waals surface area contributed by atoms with Crippen LogP contribution in [0.3, 0.4) is 0 Å². The molecule has 4 aromatic rings. The van der Waals surface area contributed by atoms with E-state index < -0.39 is 5.97 Å². The number of pyridine rings is 1. The van der Waals surface area contributed by atoms with Crippen LogP contribution < -0.4 is 20.3 Å². The highest BCUT2D eigenvalue weighted by atomic mass is 32.1. The molecule has 3 heterocycles. The topological polar surface area (TPSA) is 118 Å². The van der Waals surface area contributed by atoms with Gasteiger partial charge in [-0.05, 0) is 92.3 Å². The van der Waals surface area contributed by atoms with E-state index in [1.165, 1.54) is 7.11 Å². The molecule has 1 fully saturated rings. The lowest BCUT2D eigenvalue weighted by Crippen LogP contribution is -2.29. The average Bonchev–Trinajstić information content (AvgIpc) is 3.48. The molecule has 0 radical (unpaired) electrons. The largest absolute Gasteiger partial charge is 0.495 e. The van der Waals surface area contributed by atoms with Crippen LogP contribution in [-0.4, -0.2) is 52.5 Å². The molecule has 10 nitrogen and oxygen atoms in total. The third-order valence-electron chi connectivity index (χ3n) is 7.27. The highest BCUT2D eigenvalue weighted by Crippen LogP contribution is 2.45. The summed E-state index contributed by atoms with van der Waals surface area (Å²) >= 11 is 5.91. The molecule has 1 amide bonds. The number of carboxylic acid groups (broad SMARTS) is 1. The number of aryl methyl sites for hydroxylation is 1. The Morgan fingerprint density at radius 3 is 2.43 bits per heavy atom. The van der Waals surface area contributed by atoms with Crippen molar-refractivity contribution in [3.63, 3.8) is 0 Å². The number of thiocarbonyl (C=S) groups is 1. The summed E-state index contributed by atoms with van der Waals surface area (Å²) in [6.07, 6.45) is 1.75. The second-order valence-corrected chi connectivity index (χ2v) is 10.3. The summed E-state index contributed by atoms with van der Waals surface area (Å²) in [6, 6.07) is 19.6. The van der Waals surface area contributed by atoms with E-state index in [0.717, 1.165) is 34.0 Å². The summed E-state index contributed by atoms with van der Waals surface area (Å²) in [5.74, 6) is -0.780. The van der Waals surface area contributed by atoms with Crippen LogP contribution in [0.2, 0.25) is 0 Å². The van der Waals surface area contributed by atoms with Crippen LogP contribution in [0.25, 0.3) is 5.69 Å². The van der Waals surface area contributed by atoms with E-state index in [1.54, 1.807) is 43.6 Å². The molecule has 0 spiro atoms. The Labute approximate surface area is 248 Å². The van der Waals surface area contributed by atoms with Gasteiger partial charge in [0.25, 0.3) is 0 Å². The average molecular weight is 586 g/mol. The maximum atomic E-state index is 12.4. The van der Waals surface area contributed by atoms with Crippen molar-refractivity contribution in [3.05, 3.63) is 101 Å². The zero-order chi connectivity index (χ0) is 30.0. The first-order valence-electron chi connectivity index (χ1n) is 13.2. The van der Waals surface area contributed by atoms with Gasteiger partial charge in [-0.1, -0.05) is 6.07 Å². The summed E-state index contributed by atoms with van der Waals surface area (Å²) in [5.41, 5.74) is 6.10. The molecule has 5 rings (SSSR count). The van der Waals surface area contributed by atoms with Gasteiger partial charge in [0.05, 0.1) is 36.1 Å². The number of amides is 1. The number of carboxylic acids is 1. The Balaban J connectivity index is 1.63. The van der Waals surface area contributed by atoms with E-state index in [9.17, 15) is 14.7 Å². The number of nitrogens with one attached hydrogen (secondary N) is 2. The van der Waals surface area contributed by atoms with E-state index >= 15 is 0 Å². The zero-order valence-electron chi connectivity index (χ0n) is 23.6. The fourth-order valence-corrected chi connectivity index (χ4v) is 5.79. The molecule has 2 aromatic heterocycles. The van der Waals surface area contributed by atoms with Gasteiger partial charge in [-0.3, -0.25) is 9.78 Å². The van der Waals surface area contributed by atoms with Gasteiger partial charge in [-0.2, -0.15) is 0 Å². The molecule has 216 valence electrons. The maximum Gasteiger partial charge on any atom is 0.335 e. The second kappa shape index (κ2) is 12.0. The Morgan fingerprint density at radius 1 is 1.05 bits per heavy atom. The summed E-state index contributed by atoms with van der Waals surface area (Å²) in [7, 11) is 3.00. The highest BCUT2D eigenvalue weighted by Gasteiger charge is 2.42. The number of carbonyl (C=O) groups is 2. The number of nitrogens with zero attached hydrogens (tertiary/aromatic N) is 3. The van der Waals surface area contributed by atoms with Gasteiger partial charge in [0, 0.05) is 36.1 Å². The van der Waals surface area contributed by atoms with E-state index in [4.69, 9.17) is 21.7 Å². The summed E-state index contributed by atoms with van der Waals surface area (Å²) < 4.78 is 12.6. The number of benzene rings is 2. The molecule has 0 saturated carbocycles. The van der Waals surface area contributed by atoms with Gasteiger partial charge < -0.3 is 34.7 Å². The Kier molecular flexibility index (Phi) is 8.23. The van der Waals surface area contributed by atoms with Crippen molar-refractivity contribution in [1.82, 2.24) is 14.9 Å². The number of rotatable bonds is 9. The first kappa shape index (κ1) is 28.8. The fraction of sp³-hybridized carbons (Fsp3) is 0.226. The fourth-order valence-electron chi connectivity index (χ4n) is 5.45. The predicted molar refractivity (Wildman–Crippen MR) is 164 cm³/mol. The number of carbonyl (C=O) groups excluding carboxylic acids is 1. The van der Waals surface area contributed by atoms with Crippen LogP contribution in [0.15, 0.2) is 72.9 Å². The third kappa shape index (κ3) is 5.44. The van der Waals surface area contributed by atoms with Gasteiger partial charge in [0.1, 0.15) is 12.4 Å². The van der Waals surface area contributed by atoms with Gasteiger partial charge in [0.15, 0.2) is 5.11 Å². The molecule has 0 bridgehead atoms. The molecule has 0 unspecified atom stereocenters. The number of ether oxygens (including phenoxy) is 2. The van der Waals surface area contributed by atoms with Crippen LogP contribution in [0.1, 0.15) is 45.1 Å². The van der Waals surface area contributed by atoms with Crippen LogP contribution in [0.5, 0.6) is 5.75 Å². The van der Waals surface area contributed by atoms with E-state index in [1.807, 2.05) is 49.1 Å². The van der Waals surface area contributed by atoms with Crippen molar-refractivity contribution in [2.45, 2.75) is 25.9 Å². The highest BCUT2D eigenvalue weighted by molar-refractivity contribution is 7.80. The minimum Gasteiger partial charge on any atom is -0.495 e. The number of aromatic carboxylic acids is 1. The molecule has 1 aliphatic heterocycles. The summed E-state index contributed by atoms with van der Waals surface area (Å²) in [6.45, 7) is 3.95. The quantitative estimate of drug-likeness (QED) is 0.234. The molecule has 11 heteroatoms. The minimum atomic E-state index is -0.972. The zero-order valence-corrected chi connectivity index (χ0v) is 24.4. The van der Waals surface area contributed by atoms with Gasteiger partial charge in [0.2, 0.25) is 5.91 Å².